The van der Waals surface area contributed by atoms with Crippen molar-refractivity contribution in [3.05, 3.63) is 42.5 Å². The smallest absolute Gasteiger partial charge is 0.413 e. The Bertz CT molecular complexity index is 1040. The fraction of sp³-hybridized carbons (Fsp3) is 0.391. The van der Waals surface area contributed by atoms with Gasteiger partial charge in [0.25, 0.3) is 0 Å². The summed E-state index contributed by atoms with van der Waals surface area (Å²) in [4.78, 5) is 40.6. The normalized spacial score (nSPS) is 11.6. The highest BCUT2D eigenvalue weighted by Crippen LogP contribution is 2.27. The molecule has 34 heavy (non-hydrogen) atoms. The molecule has 0 spiro atoms. The quantitative estimate of drug-likeness (QED) is 0.488. The molecule has 0 atom stereocenters. The molecule has 0 fully saturated rings. The van der Waals surface area contributed by atoms with E-state index in [2.05, 4.69) is 31.2 Å². The SMILES string of the molecule is CC(C)(C)OC(=O)NCC(=O)Nc1nc(NC(=O)OC(C)(C)C)ccc1N=Nc1ccccc1. The number of carbonyl (C=O) groups is 3. The van der Waals surface area contributed by atoms with Gasteiger partial charge in [0.1, 0.15) is 29.3 Å². The van der Waals surface area contributed by atoms with Crippen LogP contribution in [0.4, 0.5) is 32.6 Å². The maximum atomic E-state index is 12.4. The highest BCUT2D eigenvalue weighted by atomic mass is 16.6. The standard InChI is InChI=1S/C23H30N6O5/c1-22(2,3)33-20(31)24-14-18(30)27-19-16(29-28-15-10-8-7-9-11-15)12-13-17(25-19)26-21(32)34-23(4,5)6/h7-13H,14H2,1-6H3,(H,24,31)(H2,25,26,27,30,32). The van der Waals surface area contributed by atoms with Crippen LogP contribution in [0.5, 0.6) is 0 Å². The van der Waals surface area contributed by atoms with Gasteiger partial charge in [-0.1, -0.05) is 18.2 Å². The number of benzene rings is 1. The van der Waals surface area contributed by atoms with Gasteiger partial charge < -0.3 is 20.1 Å². The van der Waals surface area contributed by atoms with E-state index in [0.29, 0.717) is 5.69 Å². The first-order chi connectivity index (χ1) is 15.8. The second-order valence-electron chi connectivity index (χ2n) is 9.13. The lowest BCUT2D eigenvalue weighted by Crippen LogP contribution is -2.37. The van der Waals surface area contributed by atoms with E-state index in [1.54, 1.807) is 53.7 Å². The zero-order valence-corrected chi connectivity index (χ0v) is 20.1. The van der Waals surface area contributed by atoms with E-state index < -0.39 is 29.3 Å². The molecule has 1 aromatic carbocycles. The number of anilines is 2. The molecule has 0 unspecified atom stereocenters. The van der Waals surface area contributed by atoms with E-state index in [9.17, 15) is 14.4 Å². The Morgan fingerprint density at radius 1 is 0.824 bits per heavy atom. The topological polar surface area (TPSA) is 143 Å². The van der Waals surface area contributed by atoms with Crippen LogP contribution < -0.4 is 16.0 Å². The fourth-order valence-electron chi connectivity index (χ4n) is 2.35. The summed E-state index contributed by atoms with van der Waals surface area (Å²) in [6, 6.07) is 12.0. The molecule has 0 bridgehead atoms. The third-order valence-corrected chi connectivity index (χ3v) is 3.58. The molecule has 0 aliphatic rings. The van der Waals surface area contributed by atoms with Crippen molar-refractivity contribution < 1.29 is 23.9 Å². The van der Waals surface area contributed by atoms with Crippen molar-refractivity contribution in [1.82, 2.24) is 10.3 Å². The van der Waals surface area contributed by atoms with Crippen LogP contribution in [0.25, 0.3) is 0 Å². The molecule has 1 heterocycles. The number of azo groups is 1. The second kappa shape index (κ2) is 11.2. The minimum Gasteiger partial charge on any atom is -0.444 e. The fourth-order valence-corrected chi connectivity index (χ4v) is 2.35. The lowest BCUT2D eigenvalue weighted by atomic mass is 10.2. The zero-order chi connectivity index (χ0) is 25.4. The lowest BCUT2D eigenvalue weighted by Gasteiger charge is -2.20. The average Bonchev–Trinajstić information content (AvgIpc) is 2.70. The van der Waals surface area contributed by atoms with E-state index in [-0.39, 0.29) is 23.9 Å². The Kier molecular flexibility index (Phi) is 8.65. The molecule has 0 aliphatic carbocycles. The predicted octanol–water partition coefficient (Wildman–Crippen LogP) is 5.31. The van der Waals surface area contributed by atoms with E-state index in [1.807, 2.05) is 18.2 Å². The summed E-state index contributed by atoms with van der Waals surface area (Å²) >= 11 is 0. The first-order valence-corrected chi connectivity index (χ1v) is 10.6. The molecule has 0 aliphatic heterocycles. The molecule has 2 aromatic rings. The Balaban J connectivity index is 2.18. The Morgan fingerprint density at radius 3 is 2.06 bits per heavy atom. The van der Waals surface area contributed by atoms with E-state index >= 15 is 0 Å². The van der Waals surface area contributed by atoms with Crippen LogP contribution in [0.15, 0.2) is 52.7 Å². The number of hydrogen-bond acceptors (Lipinski definition) is 8. The van der Waals surface area contributed by atoms with Crippen LogP contribution in [0.2, 0.25) is 0 Å². The summed E-state index contributed by atoms with van der Waals surface area (Å²) in [5.74, 6) is -0.420. The number of nitrogens with one attached hydrogen (secondary N) is 3. The number of ether oxygens (including phenoxy) is 2. The zero-order valence-electron chi connectivity index (χ0n) is 20.1. The first kappa shape index (κ1) is 26.2. The molecule has 11 heteroatoms. The van der Waals surface area contributed by atoms with Gasteiger partial charge in [-0.05, 0) is 65.8 Å². The molecular weight excluding hydrogens is 440 g/mol. The van der Waals surface area contributed by atoms with Gasteiger partial charge in [0.05, 0.1) is 5.69 Å². The maximum Gasteiger partial charge on any atom is 0.413 e. The third-order valence-electron chi connectivity index (χ3n) is 3.58. The Hall–Kier alpha value is -4.02. The lowest BCUT2D eigenvalue weighted by molar-refractivity contribution is -0.115. The van der Waals surface area contributed by atoms with Crippen molar-refractivity contribution in [3.8, 4) is 0 Å². The molecule has 0 saturated heterocycles. The third kappa shape index (κ3) is 10.1. The molecule has 11 nitrogen and oxygen atoms in total. The molecule has 0 saturated carbocycles. The van der Waals surface area contributed by atoms with Crippen molar-refractivity contribution in [2.24, 2.45) is 10.2 Å². The summed E-state index contributed by atoms with van der Waals surface area (Å²) in [6.07, 6.45) is -1.44. The highest BCUT2D eigenvalue weighted by Gasteiger charge is 2.19. The number of nitrogens with zero attached hydrogens (tertiary/aromatic N) is 3. The Labute approximate surface area is 198 Å². The summed E-state index contributed by atoms with van der Waals surface area (Å²) < 4.78 is 10.3. The van der Waals surface area contributed by atoms with Crippen LogP contribution in [-0.4, -0.2) is 40.8 Å². The number of pyridine rings is 1. The van der Waals surface area contributed by atoms with Gasteiger partial charge in [0.15, 0.2) is 5.82 Å². The number of carbonyl (C=O) groups excluding carboxylic acids is 3. The summed E-state index contributed by atoms with van der Waals surface area (Å²) in [7, 11) is 0. The second-order valence-corrected chi connectivity index (χ2v) is 9.13. The van der Waals surface area contributed by atoms with Crippen LogP contribution in [0, 0.1) is 0 Å². The number of amides is 3. The molecule has 3 N–H and O–H groups in total. The molecule has 2 rings (SSSR count). The van der Waals surface area contributed by atoms with Gasteiger partial charge in [-0.25, -0.2) is 14.6 Å². The van der Waals surface area contributed by atoms with Gasteiger partial charge in [-0.3, -0.25) is 10.1 Å². The number of aromatic nitrogens is 1. The van der Waals surface area contributed by atoms with E-state index in [4.69, 9.17) is 9.47 Å². The molecule has 3 amide bonds. The maximum absolute atomic E-state index is 12.4. The van der Waals surface area contributed by atoms with Gasteiger partial charge >= 0.3 is 12.2 Å². The number of hydrogen-bond donors (Lipinski definition) is 3. The Morgan fingerprint density at radius 2 is 1.44 bits per heavy atom. The van der Waals surface area contributed by atoms with Gasteiger partial charge in [0.2, 0.25) is 5.91 Å². The van der Waals surface area contributed by atoms with Crippen LogP contribution in [0.3, 0.4) is 0 Å². The minimum atomic E-state index is -0.736. The van der Waals surface area contributed by atoms with Crippen LogP contribution >= 0.6 is 0 Å². The molecule has 1 aromatic heterocycles. The van der Waals surface area contributed by atoms with Crippen LogP contribution in [0.1, 0.15) is 41.5 Å². The van der Waals surface area contributed by atoms with Crippen LogP contribution in [-0.2, 0) is 14.3 Å². The number of alkyl carbamates (subject to hydrolysis) is 1. The van der Waals surface area contributed by atoms with E-state index in [0.717, 1.165) is 0 Å². The van der Waals surface area contributed by atoms with Crippen molar-refractivity contribution in [2.45, 2.75) is 52.7 Å². The molecule has 0 radical (unpaired) electrons. The summed E-state index contributed by atoms with van der Waals surface area (Å²) in [6.45, 7) is 9.97. The van der Waals surface area contributed by atoms with Crippen molar-refractivity contribution >= 4 is 41.1 Å². The summed E-state index contributed by atoms with van der Waals surface area (Å²) in [5.41, 5.74) is -0.556. The van der Waals surface area contributed by atoms with Crippen molar-refractivity contribution in [1.29, 1.82) is 0 Å². The molecular formula is C23H30N6O5. The molecule has 182 valence electrons. The monoisotopic (exact) mass is 470 g/mol. The number of rotatable bonds is 6. The van der Waals surface area contributed by atoms with Gasteiger partial charge in [-0.2, -0.15) is 5.11 Å². The van der Waals surface area contributed by atoms with E-state index in [1.165, 1.54) is 12.1 Å². The highest BCUT2D eigenvalue weighted by molar-refractivity contribution is 5.95. The van der Waals surface area contributed by atoms with Gasteiger partial charge in [-0.15, -0.1) is 5.11 Å². The van der Waals surface area contributed by atoms with Crippen molar-refractivity contribution in [3.63, 3.8) is 0 Å². The predicted molar refractivity (Wildman–Crippen MR) is 128 cm³/mol. The van der Waals surface area contributed by atoms with Crippen molar-refractivity contribution in [2.75, 3.05) is 17.2 Å². The van der Waals surface area contributed by atoms with Gasteiger partial charge in [0, 0.05) is 0 Å². The minimum absolute atomic E-state index is 0.0317. The largest absolute Gasteiger partial charge is 0.444 e. The average molecular weight is 471 g/mol. The first-order valence-electron chi connectivity index (χ1n) is 10.6. The summed E-state index contributed by atoms with van der Waals surface area (Å²) in [5, 5.41) is 15.7.